The highest BCUT2D eigenvalue weighted by Crippen LogP contribution is 2.35. The second kappa shape index (κ2) is 12.5. The van der Waals surface area contributed by atoms with Crippen molar-refractivity contribution in [3.63, 3.8) is 0 Å². The molecule has 7 heteroatoms. The molecular weight excluding hydrogens is 488 g/mol. The van der Waals surface area contributed by atoms with E-state index >= 15 is 0 Å². The minimum atomic E-state index is 0.0944. The number of nitriles is 2. The zero-order valence-electron chi connectivity index (χ0n) is 24.4. The van der Waals surface area contributed by atoms with Crippen molar-refractivity contribution in [1.29, 1.82) is 10.5 Å². The van der Waals surface area contributed by atoms with Gasteiger partial charge in [-0.1, -0.05) is 27.7 Å². The molecule has 204 valence electrons. The van der Waals surface area contributed by atoms with Gasteiger partial charge >= 0.3 is 0 Å². The van der Waals surface area contributed by atoms with Crippen LogP contribution in [0.2, 0.25) is 0 Å². The smallest absolute Gasteiger partial charge is 0.238 e. The summed E-state index contributed by atoms with van der Waals surface area (Å²) in [4.78, 5) is 0. The maximum Gasteiger partial charge on any atom is 0.238 e. The van der Waals surface area contributed by atoms with Gasteiger partial charge in [0.2, 0.25) is 5.76 Å². The van der Waals surface area contributed by atoms with Crippen molar-refractivity contribution in [2.24, 2.45) is 14.1 Å². The van der Waals surface area contributed by atoms with Crippen LogP contribution in [-0.2, 0) is 18.8 Å². The molecule has 0 fully saturated rings. The van der Waals surface area contributed by atoms with Crippen LogP contribution in [0.5, 0.6) is 11.5 Å². The van der Waals surface area contributed by atoms with Gasteiger partial charge in [0.05, 0.1) is 7.11 Å². The number of rotatable bonds is 7. The van der Waals surface area contributed by atoms with E-state index in [4.69, 9.17) is 24.7 Å². The minimum Gasteiger partial charge on any atom is -0.500 e. The minimum absolute atomic E-state index is 0.0944. The number of nitrogens with zero attached hydrogens (tertiary/aromatic N) is 4. The second-order valence-corrected chi connectivity index (χ2v) is 10.3. The molecule has 0 unspecified atom stereocenters. The first-order chi connectivity index (χ1) is 18.5. The topological polar surface area (TPSA) is 85.1 Å². The highest BCUT2D eigenvalue weighted by molar-refractivity contribution is 5.87. The van der Waals surface area contributed by atoms with Crippen molar-refractivity contribution in [2.45, 2.75) is 53.4 Å². The average Bonchev–Trinajstić information content (AvgIpc) is 3.34. The number of aryl methyl sites for hydroxylation is 4. The summed E-state index contributed by atoms with van der Waals surface area (Å²) in [5.74, 6) is 2.35. The van der Waals surface area contributed by atoms with Crippen LogP contribution >= 0.6 is 0 Å². The molecule has 39 heavy (non-hydrogen) atoms. The fourth-order valence-electron chi connectivity index (χ4n) is 4.77. The molecule has 0 radical (unpaired) electrons. The zero-order chi connectivity index (χ0) is 28.9. The van der Waals surface area contributed by atoms with Gasteiger partial charge in [0.15, 0.2) is 6.61 Å². The molecule has 0 aliphatic rings. The number of benzene rings is 2. The lowest BCUT2D eigenvalue weighted by molar-refractivity contribution is 0.310. The third-order valence-electron chi connectivity index (χ3n) is 6.73. The number of methoxy groups -OCH3 is 1. The Labute approximate surface area is 231 Å². The Morgan fingerprint density at radius 1 is 0.846 bits per heavy atom. The van der Waals surface area contributed by atoms with Gasteiger partial charge in [-0.3, -0.25) is 0 Å². The summed E-state index contributed by atoms with van der Waals surface area (Å²) >= 11 is 0. The van der Waals surface area contributed by atoms with E-state index in [0.717, 1.165) is 27.8 Å². The van der Waals surface area contributed by atoms with E-state index in [1.807, 2.05) is 25.3 Å². The maximum absolute atomic E-state index is 9.09. The molecule has 4 rings (SSSR count). The van der Waals surface area contributed by atoms with Crippen molar-refractivity contribution in [3.8, 4) is 23.6 Å². The van der Waals surface area contributed by atoms with Gasteiger partial charge in [-0.2, -0.15) is 10.5 Å². The predicted molar refractivity (Wildman–Crippen MR) is 156 cm³/mol. The molecule has 0 N–H and O–H groups in total. The van der Waals surface area contributed by atoms with E-state index in [1.54, 1.807) is 0 Å². The Hall–Kier alpha value is -4.36. The number of allylic oxidation sites excluding steroid dienone is 1. The summed E-state index contributed by atoms with van der Waals surface area (Å²) in [5.41, 5.74) is 7.00. The van der Waals surface area contributed by atoms with Crippen molar-refractivity contribution >= 4 is 21.8 Å². The van der Waals surface area contributed by atoms with E-state index in [0.29, 0.717) is 17.6 Å². The van der Waals surface area contributed by atoms with Crippen LogP contribution in [0.15, 0.2) is 48.7 Å². The lowest BCUT2D eigenvalue weighted by Gasteiger charge is -2.14. The van der Waals surface area contributed by atoms with Crippen molar-refractivity contribution in [2.75, 3.05) is 13.7 Å². The van der Waals surface area contributed by atoms with Crippen LogP contribution in [0.25, 0.3) is 21.8 Å². The van der Waals surface area contributed by atoms with E-state index in [2.05, 4.69) is 88.3 Å². The van der Waals surface area contributed by atoms with Crippen molar-refractivity contribution < 1.29 is 14.2 Å². The highest BCUT2D eigenvalue weighted by Gasteiger charge is 2.15. The molecular formula is C32H38N4O3. The number of fused-ring (bicyclic) bond motifs is 2. The Bertz CT molecular complexity index is 1590. The molecule has 2 aromatic heterocycles. The molecule has 0 amide bonds. The van der Waals surface area contributed by atoms with E-state index in [9.17, 15) is 0 Å². The lowest BCUT2D eigenvalue weighted by atomic mass is 10.00. The predicted octanol–water partition coefficient (Wildman–Crippen LogP) is 7.51. The molecule has 2 heterocycles. The van der Waals surface area contributed by atoms with Gasteiger partial charge in [0.1, 0.15) is 29.9 Å². The average molecular weight is 527 g/mol. The van der Waals surface area contributed by atoms with E-state index in [1.165, 1.54) is 35.4 Å². The monoisotopic (exact) mass is 526 g/mol. The number of ether oxygens (including phenoxy) is 3. The standard InChI is InChI=1S/C17H20N2O2.C15H18N2O/c1-11(2)14-6-16-15(12(3)9-19(16)4)7-17(14)21-13(8-18)10-20-5;1-10(2)12-7-14-13(11(3)9-17(14)4)8-15(12)18-6-5-16/h6-7,9-11H,1-5H3;7-10H,6H2,1-4H3/b13-10+;. The molecule has 2 aromatic carbocycles. The van der Waals surface area contributed by atoms with Crippen LogP contribution in [0.3, 0.4) is 0 Å². The van der Waals surface area contributed by atoms with Crippen LogP contribution in [0.4, 0.5) is 0 Å². The van der Waals surface area contributed by atoms with Crippen LogP contribution in [-0.4, -0.2) is 22.9 Å². The lowest BCUT2D eigenvalue weighted by Crippen LogP contribution is -2.00. The van der Waals surface area contributed by atoms with Crippen molar-refractivity contribution in [1.82, 2.24) is 9.13 Å². The van der Waals surface area contributed by atoms with Crippen molar-refractivity contribution in [3.05, 3.63) is 70.9 Å². The van der Waals surface area contributed by atoms with Gasteiger partial charge in [-0.15, -0.1) is 0 Å². The highest BCUT2D eigenvalue weighted by atomic mass is 16.5. The van der Waals surface area contributed by atoms with Gasteiger partial charge in [-0.05, 0) is 72.2 Å². The first-order valence-corrected chi connectivity index (χ1v) is 13.0. The van der Waals surface area contributed by atoms with E-state index < -0.39 is 0 Å². The second-order valence-electron chi connectivity index (χ2n) is 10.3. The third kappa shape index (κ3) is 6.38. The molecule has 7 nitrogen and oxygen atoms in total. The Morgan fingerprint density at radius 3 is 1.77 bits per heavy atom. The number of hydrogen-bond donors (Lipinski definition) is 0. The normalized spacial score (nSPS) is 11.4. The van der Waals surface area contributed by atoms with Gasteiger partial charge < -0.3 is 23.3 Å². The molecule has 0 atom stereocenters. The molecule has 0 bridgehead atoms. The summed E-state index contributed by atoms with van der Waals surface area (Å²) in [6, 6.07) is 12.4. The summed E-state index contributed by atoms with van der Waals surface area (Å²) in [5, 5.41) is 20.1. The quantitative estimate of drug-likeness (QED) is 0.184. The summed E-state index contributed by atoms with van der Waals surface area (Å²) in [6.45, 7) is 12.7. The van der Waals surface area contributed by atoms with Gasteiger partial charge in [-0.25, -0.2) is 0 Å². The van der Waals surface area contributed by atoms with Crippen LogP contribution in [0, 0.1) is 36.5 Å². The summed E-state index contributed by atoms with van der Waals surface area (Å²) in [7, 11) is 5.58. The first-order valence-electron chi connectivity index (χ1n) is 13.0. The number of hydrogen-bond acceptors (Lipinski definition) is 5. The summed E-state index contributed by atoms with van der Waals surface area (Å²) < 4.78 is 20.4. The largest absolute Gasteiger partial charge is 0.500 e. The van der Waals surface area contributed by atoms with Crippen LogP contribution in [0.1, 0.15) is 61.8 Å². The van der Waals surface area contributed by atoms with Gasteiger partial charge in [0.25, 0.3) is 0 Å². The number of aromatic nitrogens is 2. The Morgan fingerprint density at radius 2 is 1.33 bits per heavy atom. The van der Waals surface area contributed by atoms with Gasteiger partial charge in [0, 0.05) is 48.3 Å². The third-order valence-corrected chi connectivity index (χ3v) is 6.73. The van der Waals surface area contributed by atoms with Crippen LogP contribution < -0.4 is 9.47 Å². The molecule has 0 saturated carbocycles. The molecule has 0 spiro atoms. The molecule has 0 saturated heterocycles. The maximum atomic E-state index is 9.09. The molecule has 0 aliphatic carbocycles. The zero-order valence-corrected chi connectivity index (χ0v) is 24.4. The van der Waals surface area contributed by atoms with E-state index in [-0.39, 0.29) is 12.4 Å². The Kier molecular flexibility index (Phi) is 9.33. The molecule has 0 aliphatic heterocycles. The SMILES string of the molecule is CO/C=C(\C#N)Oc1cc2c(C)cn(C)c2cc1C(C)C.Cc1cn(C)c2cc(C(C)C)c(OCC#N)cc12. The fraction of sp³-hybridized carbons (Fsp3) is 0.375. The molecule has 4 aromatic rings. The first kappa shape index (κ1) is 29.2. The fourth-order valence-corrected chi connectivity index (χ4v) is 4.77. The Balaban J connectivity index is 0.000000218. The summed E-state index contributed by atoms with van der Waals surface area (Å²) in [6.07, 6.45) is 5.52.